The molecule has 0 bridgehead atoms. The van der Waals surface area contributed by atoms with Crippen molar-refractivity contribution in [3.8, 4) is 22.3 Å². The third-order valence-electron chi connectivity index (χ3n) is 14.0. The Labute approximate surface area is 388 Å². The quantitative estimate of drug-likeness (QED) is 0.101. The summed E-state index contributed by atoms with van der Waals surface area (Å²) in [6, 6.07) is 51.3. The maximum absolute atomic E-state index is 14.1. The first-order valence-electron chi connectivity index (χ1n) is 23.1. The summed E-state index contributed by atoms with van der Waals surface area (Å²) in [5.74, 6) is 0.202. The summed E-state index contributed by atoms with van der Waals surface area (Å²) in [5.41, 5.74) is 15.3. The number of hydrogen-bond acceptors (Lipinski definition) is 2. The second-order valence-corrected chi connectivity index (χ2v) is 48.1. The topological polar surface area (TPSA) is 58.2 Å². The first-order chi connectivity index (χ1) is 30.9. The van der Waals surface area contributed by atoms with Crippen molar-refractivity contribution in [1.29, 1.82) is 0 Å². The van der Waals surface area contributed by atoms with Gasteiger partial charge in [0, 0.05) is 0 Å². The molecule has 0 aromatic heterocycles. The fourth-order valence-electron chi connectivity index (χ4n) is 10.3. The van der Waals surface area contributed by atoms with Crippen molar-refractivity contribution >= 4 is 56.8 Å². The van der Waals surface area contributed by atoms with Crippen LogP contribution in [0.25, 0.3) is 45.6 Å². The monoisotopic (exact) mass is 1050 g/mol. The number of hydrogen-bond donors (Lipinski definition) is 2. The zero-order valence-electron chi connectivity index (χ0n) is 37.8. The summed E-state index contributed by atoms with van der Waals surface area (Å²) in [5, 5.41) is 6.67. The Bertz CT molecular complexity index is 2580. The third-order valence-corrected chi connectivity index (χ3v) is 42.1. The first kappa shape index (κ1) is 45.8. The fraction of sp³-hybridized carbons (Fsp3) is 0.250. The van der Waals surface area contributed by atoms with Gasteiger partial charge in [0.1, 0.15) is 0 Å². The molecule has 0 saturated carbocycles. The van der Waals surface area contributed by atoms with Crippen LogP contribution in [0.5, 0.6) is 0 Å². The van der Waals surface area contributed by atoms with Crippen LogP contribution in [0.2, 0.25) is 0 Å². The second-order valence-electron chi connectivity index (χ2n) is 17.7. The molecule has 0 spiro atoms. The molecule has 8 heteroatoms. The number of halogens is 2. The molecule has 4 unspecified atom stereocenters. The van der Waals surface area contributed by atoms with Crippen molar-refractivity contribution in [2.45, 2.75) is 86.4 Å². The van der Waals surface area contributed by atoms with Gasteiger partial charge < -0.3 is 0 Å². The van der Waals surface area contributed by atoms with Gasteiger partial charge >= 0.3 is 392 Å². The summed E-state index contributed by atoms with van der Waals surface area (Å²) in [6.45, 7) is 12.7. The maximum atomic E-state index is 14.1. The molecule has 64 heavy (non-hydrogen) atoms. The molecule has 6 aromatic carbocycles. The van der Waals surface area contributed by atoms with Gasteiger partial charge in [0.05, 0.1) is 0 Å². The minimum atomic E-state index is -6.55. The van der Waals surface area contributed by atoms with Gasteiger partial charge in [-0.25, -0.2) is 0 Å². The molecule has 325 valence electrons. The molecule has 2 N–H and O–H groups in total. The number of carbonyl (C=O) groups is 2. The number of carbonyl (C=O) groups excluding carboxylic acids is 2. The van der Waals surface area contributed by atoms with Crippen LogP contribution >= 0.6 is 17.2 Å². The van der Waals surface area contributed by atoms with Gasteiger partial charge in [-0.05, 0) is 0 Å². The van der Waals surface area contributed by atoms with E-state index in [9.17, 15) is 26.7 Å². The summed E-state index contributed by atoms with van der Waals surface area (Å²) < 4.78 is -2.21. The molecule has 8 rings (SSSR count). The van der Waals surface area contributed by atoms with Crippen LogP contribution in [-0.2, 0) is 25.5 Å². The Morgan fingerprint density at radius 2 is 0.875 bits per heavy atom. The zero-order chi connectivity index (χ0) is 45.2. The number of allylic oxidation sites excluding steroid dienone is 2. The van der Waals surface area contributed by atoms with E-state index in [1.54, 1.807) is 0 Å². The van der Waals surface area contributed by atoms with Crippen LogP contribution in [-0.4, -0.2) is 16.4 Å². The summed E-state index contributed by atoms with van der Waals surface area (Å²) >= 11 is -6.55. The Morgan fingerprint density at radius 3 is 1.25 bits per heavy atom. The average molecular weight is 1050 g/mol. The van der Waals surface area contributed by atoms with Crippen molar-refractivity contribution < 1.29 is 25.5 Å². The standard InChI is InChI=1S/2C25H23.C6H11BN2O2.2ClH.Hf/c2*1-3-18(2)22-13-7-8-14-23(22)24-15-9-12-20-16-21(17-25(20)24)19-10-5-4-6-11-19;1-3-5(10)8-7-9-6(11)4-2;;;/h2*4-18H,3H2,1-2H3;3-4H2,1-2H3,(H-,8,9,10,11);2*1H;/q;;;;;+1/p-1. The third kappa shape index (κ3) is 8.13. The molecule has 0 fully saturated rings. The number of rotatable bonds is 15. The SMILES string of the molecule is CCC(=O)N[B](NC(=O)CC)[Hf]([Cl])([Cl])([CH]1C(c2ccccc2)=Cc2c(-c3ccccc3C(C)CC)cccc21)[CH]1C(c2ccccc2)=Cc2c(-c3ccccc3C(C)CC)cccc21. The Hall–Kier alpha value is -4.74. The number of benzene rings is 6. The normalized spacial score (nSPS) is 16.9. The van der Waals surface area contributed by atoms with Crippen molar-refractivity contribution in [3.05, 3.63) is 190 Å². The molecule has 4 nitrogen and oxygen atoms in total. The van der Waals surface area contributed by atoms with Gasteiger partial charge in [0.2, 0.25) is 0 Å². The van der Waals surface area contributed by atoms with Crippen molar-refractivity contribution in [3.63, 3.8) is 0 Å². The first-order valence-corrected chi connectivity index (χ1v) is 38.2. The van der Waals surface area contributed by atoms with Crippen LogP contribution in [0, 0.1) is 0 Å². The predicted octanol–water partition coefficient (Wildman–Crippen LogP) is 15.0. The molecule has 0 heterocycles. The Balaban J connectivity index is 1.51. The van der Waals surface area contributed by atoms with Crippen LogP contribution < -0.4 is 10.5 Å². The van der Waals surface area contributed by atoms with Crippen molar-refractivity contribution in [2.75, 3.05) is 0 Å². The van der Waals surface area contributed by atoms with Crippen LogP contribution in [0.4, 0.5) is 0 Å². The molecule has 2 aliphatic rings. The van der Waals surface area contributed by atoms with Gasteiger partial charge in [-0.2, -0.15) is 0 Å². The molecule has 2 amide bonds. The van der Waals surface area contributed by atoms with Crippen LogP contribution in [0.15, 0.2) is 146 Å². The van der Waals surface area contributed by atoms with Crippen LogP contribution in [0.1, 0.15) is 131 Å². The number of fused-ring (bicyclic) bond motifs is 2. The zero-order valence-corrected chi connectivity index (χ0v) is 42.9. The summed E-state index contributed by atoms with van der Waals surface area (Å²) in [4.78, 5) is 28.1. The Kier molecular flexibility index (Phi) is 13.6. The van der Waals surface area contributed by atoms with E-state index < -0.39 is 27.8 Å². The molecule has 6 aromatic rings. The molecule has 2 aliphatic carbocycles. The van der Waals surface area contributed by atoms with Crippen molar-refractivity contribution in [1.82, 2.24) is 10.5 Å². The van der Waals surface area contributed by atoms with Gasteiger partial charge in [0.15, 0.2) is 0 Å². The molecule has 0 saturated heterocycles. The predicted molar refractivity (Wildman–Crippen MR) is 270 cm³/mol. The molecule has 0 aliphatic heterocycles. The van der Waals surface area contributed by atoms with E-state index in [0.717, 1.165) is 68.5 Å². The average Bonchev–Trinajstić information content (AvgIpc) is 3.95. The van der Waals surface area contributed by atoms with Gasteiger partial charge in [-0.15, -0.1) is 0 Å². The number of nitrogens with one attached hydrogen (secondary N) is 2. The second kappa shape index (κ2) is 19.0. The molecule has 0 radical (unpaired) electrons. The minimum absolute atomic E-state index is 0.192. The molecule has 4 atom stereocenters. The van der Waals surface area contributed by atoms with E-state index in [2.05, 4.69) is 184 Å². The van der Waals surface area contributed by atoms with E-state index in [1.165, 1.54) is 22.3 Å². The number of amides is 2. The van der Waals surface area contributed by atoms with E-state index in [4.69, 9.17) is 0 Å². The fourth-order valence-corrected chi connectivity index (χ4v) is 38.7. The summed E-state index contributed by atoms with van der Waals surface area (Å²) in [7, 11) is 18.4. The van der Waals surface area contributed by atoms with E-state index in [1.807, 2.05) is 26.0 Å². The van der Waals surface area contributed by atoms with Crippen molar-refractivity contribution in [2.24, 2.45) is 0 Å². The van der Waals surface area contributed by atoms with E-state index >= 15 is 0 Å². The van der Waals surface area contributed by atoms with Gasteiger partial charge in [-0.3, -0.25) is 0 Å². The van der Waals surface area contributed by atoms with Crippen LogP contribution in [0.3, 0.4) is 0 Å². The van der Waals surface area contributed by atoms with Gasteiger partial charge in [-0.1, -0.05) is 0 Å². The van der Waals surface area contributed by atoms with Gasteiger partial charge in [0.25, 0.3) is 0 Å². The molecular weight excluding hydrogens is 993 g/mol. The van der Waals surface area contributed by atoms with E-state index in [0.29, 0.717) is 11.8 Å². The molecular formula is C56H58BCl2HfN2O2. The van der Waals surface area contributed by atoms with E-state index in [-0.39, 0.29) is 24.7 Å². The summed E-state index contributed by atoms with van der Waals surface area (Å²) in [6.07, 6.45) is 6.99. The Morgan fingerprint density at radius 1 is 0.516 bits per heavy atom.